The Bertz CT molecular complexity index is 607. The van der Waals surface area contributed by atoms with Gasteiger partial charge in [0.15, 0.2) is 0 Å². The van der Waals surface area contributed by atoms with E-state index in [1.54, 1.807) is 12.1 Å². The normalized spacial score (nSPS) is 9.83. The Morgan fingerprint density at radius 3 is 2.72 bits per heavy atom. The van der Waals surface area contributed by atoms with Crippen LogP contribution >= 0.6 is 15.9 Å². The Kier molecular flexibility index (Phi) is 3.96. The number of hydrogen-bond donors (Lipinski definition) is 0. The Hall–Kier alpha value is -1.86. The maximum atomic E-state index is 13.3. The highest BCUT2D eigenvalue weighted by molar-refractivity contribution is 9.10. The Morgan fingerprint density at radius 1 is 1.22 bits per heavy atom. The molecule has 0 spiro atoms. The van der Waals surface area contributed by atoms with Gasteiger partial charge in [0.25, 0.3) is 0 Å². The molecule has 0 fully saturated rings. The van der Waals surface area contributed by atoms with Crippen LogP contribution in [0.1, 0.15) is 11.1 Å². The summed E-state index contributed by atoms with van der Waals surface area (Å²) in [7, 11) is 0. The molecule has 2 aromatic carbocycles. The van der Waals surface area contributed by atoms with Crippen LogP contribution in [0, 0.1) is 17.1 Å². The van der Waals surface area contributed by atoms with Gasteiger partial charge in [0, 0.05) is 4.47 Å². The van der Waals surface area contributed by atoms with Gasteiger partial charge in [-0.2, -0.15) is 5.26 Å². The minimum atomic E-state index is -0.566. The average molecular weight is 306 g/mol. The molecular formula is C14H9BrFNO. The number of ether oxygens (including phenoxy) is 1. The van der Waals surface area contributed by atoms with E-state index >= 15 is 0 Å². The van der Waals surface area contributed by atoms with E-state index in [4.69, 9.17) is 10.00 Å². The SMILES string of the molecule is N#Cc1c(F)cccc1OCc1cccc(Br)c1. The molecular weight excluding hydrogens is 297 g/mol. The van der Waals surface area contributed by atoms with Crippen molar-refractivity contribution >= 4 is 15.9 Å². The molecule has 0 aliphatic rings. The zero-order valence-corrected chi connectivity index (χ0v) is 10.9. The van der Waals surface area contributed by atoms with Gasteiger partial charge >= 0.3 is 0 Å². The fourth-order valence-electron chi connectivity index (χ4n) is 1.52. The summed E-state index contributed by atoms with van der Waals surface area (Å²) in [6, 6.07) is 13.8. The van der Waals surface area contributed by atoms with Gasteiger partial charge in [-0.3, -0.25) is 0 Å². The molecule has 0 aliphatic carbocycles. The third-order valence-electron chi connectivity index (χ3n) is 2.37. The molecule has 0 heterocycles. The molecule has 18 heavy (non-hydrogen) atoms. The fraction of sp³-hybridized carbons (Fsp3) is 0.0714. The molecule has 0 bridgehead atoms. The lowest BCUT2D eigenvalue weighted by atomic mass is 10.2. The van der Waals surface area contributed by atoms with Gasteiger partial charge < -0.3 is 4.74 Å². The van der Waals surface area contributed by atoms with Crippen LogP contribution in [-0.4, -0.2) is 0 Å². The molecule has 2 aromatic rings. The van der Waals surface area contributed by atoms with Gasteiger partial charge in [-0.1, -0.05) is 34.1 Å². The first kappa shape index (κ1) is 12.6. The highest BCUT2D eigenvalue weighted by atomic mass is 79.9. The van der Waals surface area contributed by atoms with Crippen molar-refractivity contribution in [2.45, 2.75) is 6.61 Å². The molecule has 0 aliphatic heterocycles. The van der Waals surface area contributed by atoms with Gasteiger partial charge in [-0.15, -0.1) is 0 Å². The summed E-state index contributed by atoms with van der Waals surface area (Å²) in [5, 5.41) is 8.86. The van der Waals surface area contributed by atoms with Crippen molar-refractivity contribution in [3.05, 3.63) is 63.9 Å². The first-order chi connectivity index (χ1) is 8.70. The van der Waals surface area contributed by atoms with Crippen molar-refractivity contribution < 1.29 is 9.13 Å². The fourth-order valence-corrected chi connectivity index (χ4v) is 1.97. The van der Waals surface area contributed by atoms with E-state index in [0.717, 1.165) is 10.0 Å². The quantitative estimate of drug-likeness (QED) is 0.857. The maximum Gasteiger partial charge on any atom is 0.144 e. The Labute approximate surface area is 113 Å². The summed E-state index contributed by atoms with van der Waals surface area (Å²) in [6.45, 7) is 0.289. The number of hydrogen-bond acceptors (Lipinski definition) is 2. The Balaban J connectivity index is 2.16. The summed E-state index contributed by atoms with van der Waals surface area (Å²) in [6.07, 6.45) is 0. The predicted octanol–water partition coefficient (Wildman–Crippen LogP) is 4.04. The molecule has 0 saturated carbocycles. The van der Waals surface area contributed by atoms with E-state index in [-0.39, 0.29) is 17.9 Å². The van der Waals surface area contributed by atoms with Crippen LogP contribution in [0.4, 0.5) is 4.39 Å². The van der Waals surface area contributed by atoms with E-state index in [2.05, 4.69) is 15.9 Å². The third-order valence-corrected chi connectivity index (χ3v) is 2.86. The van der Waals surface area contributed by atoms with Crippen molar-refractivity contribution in [3.63, 3.8) is 0 Å². The largest absolute Gasteiger partial charge is 0.487 e. The summed E-state index contributed by atoms with van der Waals surface area (Å²) in [5.74, 6) is -0.304. The highest BCUT2D eigenvalue weighted by Crippen LogP contribution is 2.22. The van der Waals surface area contributed by atoms with Gasteiger partial charge in [-0.05, 0) is 29.8 Å². The second-order valence-corrected chi connectivity index (χ2v) is 4.56. The summed E-state index contributed by atoms with van der Waals surface area (Å²) in [4.78, 5) is 0. The first-order valence-electron chi connectivity index (χ1n) is 5.26. The molecule has 0 unspecified atom stereocenters. The van der Waals surface area contributed by atoms with Crippen molar-refractivity contribution in [2.75, 3.05) is 0 Å². The third kappa shape index (κ3) is 2.88. The molecule has 2 rings (SSSR count). The van der Waals surface area contributed by atoms with E-state index in [1.165, 1.54) is 12.1 Å². The lowest BCUT2D eigenvalue weighted by Crippen LogP contribution is -1.98. The standard InChI is InChI=1S/C14H9BrFNO/c15-11-4-1-3-10(7-11)9-18-14-6-2-5-13(16)12(14)8-17/h1-7H,9H2. The average Bonchev–Trinajstić information content (AvgIpc) is 2.36. The molecule has 0 amide bonds. The number of nitriles is 1. The molecule has 2 nitrogen and oxygen atoms in total. The minimum Gasteiger partial charge on any atom is -0.487 e. The van der Waals surface area contributed by atoms with Gasteiger partial charge in [-0.25, -0.2) is 4.39 Å². The molecule has 0 atom stereocenters. The molecule has 0 radical (unpaired) electrons. The van der Waals surface area contributed by atoms with Gasteiger partial charge in [0.05, 0.1) is 0 Å². The van der Waals surface area contributed by atoms with E-state index in [0.29, 0.717) is 0 Å². The highest BCUT2D eigenvalue weighted by Gasteiger charge is 2.08. The minimum absolute atomic E-state index is 0.0625. The van der Waals surface area contributed by atoms with Crippen LogP contribution in [0.3, 0.4) is 0 Å². The van der Waals surface area contributed by atoms with Crippen molar-refractivity contribution in [2.24, 2.45) is 0 Å². The number of nitrogens with zero attached hydrogens (tertiary/aromatic N) is 1. The van der Waals surface area contributed by atoms with Crippen molar-refractivity contribution in [1.82, 2.24) is 0 Å². The summed E-state index contributed by atoms with van der Waals surface area (Å²) >= 11 is 3.36. The van der Waals surface area contributed by atoms with Crippen molar-refractivity contribution in [1.29, 1.82) is 5.26 Å². The smallest absolute Gasteiger partial charge is 0.144 e. The van der Waals surface area contributed by atoms with Crippen LogP contribution in [0.15, 0.2) is 46.9 Å². The van der Waals surface area contributed by atoms with Crippen LogP contribution in [0.2, 0.25) is 0 Å². The predicted molar refractivity (Wildman–Crippen MR) is 69.6 cm³/mol. The second kappa shape index (κ2) is 5.65. The molecule has 0 aromatic heterocycles. The van der Waals surface area contributed by atoms with Crippen LogP contribution in [0.5, 0.6) is 5.75 Å². The molecule has 0 saturated heterocycles. The molecule has 90 valence electrons. The van der Waals surface area contributed by atoms with Crippen LogP contribution < -0.4 is 4.74 Å². The van der Waals surface area contributed by atoms with E-state index in [9.17, 15) is 4.39 Å². The van der Waals surface area contributed by atoms with Crippen LogP contribution in [-0.2, 0) is 6.61 Å². The summed E-state index contributed by atoms with van der Waals surface area (Å²) < 4.78 is 19.7. The van der Waals surface area contributed by atoms with E-state index in [1.807, 2.05) is 24.3 Å². The zero-order valence-electron chi connectivity index (χ0n) is 9.36. The van der Waals surface area contributed by atoms with Gasteiger partial charge in [0.2, 0.25) is 0 Å². The number of rotatable bonds is 3. The number of halogens is 2. The Morgan fingerprint density at radius 2 is 2.00 bits per heavy atom. The molecule has 0 N–H and O–H groups in total. The van der Waals surface area contributed by atoms with Crippen molar-refractivity contribution in [3.8, 4) is 11.8 Å². The van der Waals surface area contributed by atoms with Gasteiger partial charge in [0.1, 0.15) is 29.8 Å². The van der Waals surface area contributed by atoms with Crippen LogP contribution in [0.25, 0.3) is 0 Å². The first-order valence-corrected chi connectivity index (χ1v) is 6.06. The molecule has 4 heteroatoms. The topological polar surface area (TPSA) is 33.0 Å². The monoisotopic (exact) mass is 305 g/mol. The lowest BCUT2D eigenvalue weighted by molar-refractivity contribution is 0.303. The summed E-state index contributed by atoms with van der Waals surface area (Å²) in [5.41, 5.74) is 0.880. The van der Waals surface area contributed by atoms with E-state index < -0.39 is 5.82 Å². The maximum absolute atomic E-state index is 13.3. The second-order valence-electron chi connectivity index (χ2n) is 3.64. The zero-order chi connectivity index (χ0) is 13.0. The lowest BCUT2D eigenvalue weighted by Gasteiger charge is -2.08. The number of benzene rings is 2.